The highest BCUT2D eigenvalue weighted by Crippen LogP contribution is 2.35. The van der Waals surface area contributed by atoms with Crippen molar-refractivity contribution in [2.45, 2.75) is 25.9 Å². The summed E-state index contributed by atoms with van der Waals surface area (Å²) >= 11 is 0. The molecule has 0 spiro atoms. The van der Waals surface area contributed by atoms with Crippen LogP contribution in [0.15, 0.2) is 12.4 Å². The third-order valence-electron chi connectivity index (χ3n) is 2.07. The molecule has 0 aromatic carbocycles. The predicted molar refractivity (Wildman–Crippen MR) is 49.2 cm³/mol. The van der Waals surface area contributed by atoms with Gasteiger partial charge in [0, 0.05) is 11.8 Å². The zero-order chi connectivity index (χ0) is 9.26. The first-order valence-corrected chi connectivity index (χ1v) is 4.46. The van der Waals surface area contributed by atoms with Gasteiger partial charge in [0.25, 0.3) is 0 Å². The second-order valence-electron chi connectivity index (χ2n) is 3.30. The van der Waals surface area contributed by atoms with E-state index in [9.17, 15) is 0 Å². The lowest BCUT2D eigenvalue weighted by atomic mass is 10.3. The normalized spacial score (nSPS) is 15.5. The highest BCUT2D eigenvalue weighted by molar-refractivity contribution is 5.43. The molecule has 0 aliphatic heterocycles. The Bertz CT molecular complexity index is 308. The van der Waals surface area contributed by atoms with Crippen molar-refractivity contribution in [1.29, 1.82) is 0 Å². The average molecular weight is 179 g/mol. The van der Waals surface area contributed by atoms with Crippen LogP contribution in [0.5, 0.6) is 11.5 Å². The molecule has 3 heteroatoms. The van der Waals surface area contributed by atoms with Crippen LogP contribution in [-0.2, 0) is 0 Å². The van der Waals surface area contributed by atoms with Crippen molar-refractivity contribution in [2.24, 2.45) is 0 Å². The van der Waals surface area contributed by atoms with Crippen molar-refractivity contribution >= 4 is 0 Å². The number of methoxy groups -OCH3 is 1. The van der Waals surface area contributed by atoms with Gasteiger partial charge in [-0.15, -0.1) is 0 Å². The van der Waals surface area contributed by atoms with E-state index in [0.717, 1.165) is 29.9 Å². The van der Waals surface area contributed by atoms with E-state index in [0.29, 0.717) is 6.10 Å². The number of hydrogen-bond donors (Lipinski definition) is 0. The van der Waals surface area contributed by atoms with E-state index in [1.54, 1.807) is 19.5 Å². The maximum atomic E-state index is 5.71. The Morgan fingerprint density at radius 3 is 2.77 bits per heavy atom. The highest BCUT2D eigenvalue weighted by Gasteiger charge is 2.25. The molecule has 1 heterocycles. The molecule has 13 heavy (non-hydrogen) atoms. The van der Waals surface area contributed by atoms with E-state index in [1.807, 2.05) is 6.92 Å². The van der Waals surface area contributed by atoms with Crippen LogP contribution in [0.3, 0.4) is 0 Å². The molecule has 1 saturated carbocycles. The molecule has 0 unspecified atom stereocenters. The van der Waals surface area contributed by atoms with Gasteiger partial charge in [-0.05, 0) is 19.8 Å². The largest absolute Gasteiger partial charge is 0.491 e. The van der Waals surface area contributed by atoms with Crippen LogP contribution in [0, 0.1) is 6.92 Å². The first-order valence-electron chi connectivity index (χ1n) is 4.46. The molecule has 0 saturated heterocycles. The number of nitrogens with zero attached hydrogens (tertiary/aromatic N) is 1. The molecule has 1 fully saturated rings. The molecule has 3 nitrogen and oxygen atoms in total. The summed E-state index contributed by atoms with van der Waals surface area (Å²) in [7, 11) is 1.64. The third-order valence-corrected chi connectivity index (χ3v) is 2.07. The van der Waals surface area contributed by atoms with Gasteiger partial charge in [0.2, 0.25) is 0 Å². The van der Waals surface area contributed by atoms with Crippen molar-refractivity contribution in [3.63, 3.8) is 0 Å². The monoisotopic (exact) mass is 179 g/mol. The van der Waals surface area contributed by atoms with Gasteiger partial charge in [0.15, 0.2) is 11.5 Å². The van der Waals surface area contributed by atoms with E-state index in [1.165, 1.54) is 0 Å². The minimum absolute atomic E-state index is 0.398. The van der Waals surface area contributed by atoms with Crippen molar-refractivity contribution < 1.29 is 9.47 Å². The van der Waals surface area contributed by atoms with Crippen LogP contribution in [0.25, 0.3) is 0 Å². The molecule has 0 amide bonds. The number of pyridine rings is 1. The van der Waals surface area contributed by atoms with E-state index >= 15 is 0 Å². The van der Waals surface area contributed by atoms with Gasteiger partial charge in [-0.1, -0.05) is 0 Å². The summed E-state index contributed by atoms with van der Waals surface area (Å²) in [6.45, 7) is 1.98. The van der Waals surface area contributed by atoms with Crippen molar-refractivity contribution in [3.05, 3.63) is 18.0 Å². The molecule has 1 aromatic rings. The zero-order valence-corrected chi connectivity index (χ0v) is 7.91. The molecule has 0 radical (unpaired) electrons. The predicted octanol–water partition coefficient (Wildman–Crippen LogP) is 1.94. The molecule has 1 aliphatic carbocycles. The summed E-state index contributed by atoms with van der Waals surface area (Å²) in [5, 5.41) is 0. The van der Waals surface area contributed by atoms with Gasteiger partial charge in [-0.2, -0.15) is 0 Å². The maximum Gasteiger partial charge on any atom is 0.179 e. The van der Waals surface area contributed by atoms with Crippen molar-refractivity contribution in [1.82, 2.24) is 4.98 Å². The maximum absolute atomic E-state index is 5.71. The zero-order valence-electron chi connectivity index (χ0n) is 7.91. The van der Waals surface area contributed by atoms with Crippen LogP contribution < -0.4 is 9.47 Å². The number of aryl methyl sites for hydroxylation is 1. The molecule has 0 bridgehead atoms. The Labute approximate surface area is 77.7 Å². The standard InChI is InChI=1S/C10H13NO2/c1-7-5-11-6-9(12-2)10(7)13-8-3-4-8/h5-6,8H,3-4H2,1-2H3. The molecule has 0 atom stereocenters. The molecule has 1 aromatic heterocycles. The number of hydrogen-bond acceptors (Lipinski definition) is 3. The Morgan fingerprint density at radius 2 is 2.15 bits per heavy atom. The van der Waals surface area contributed by atoms with E-state index in [-0.39, 0.29) is 0 Å². The van der Waals surface area contributed by atoms with Gasteiger partial charge >= 0.3 is 0 Å². The lowest BCUT2D eigenvalue weighted by Crippen LogP contribution is -2.00. The van der Waals surface area contributed by atoms with Crippen LogP contribution >= 0.6 is 0 Å². The van der Waals surface area contributed by atoms with Gasteiger partial charge in [0.1, 0.15) is 0 Å². The van der Waals surface area contributed by atoms with E-state index < -0.39 is 0 Å². The summed E-state index contributed by atoms with van der Waals surface area (Å²) in [5.74, 6) is 1.58. The molecule has 1 aliphatic rings. The smallest absolute Gasteiger partial charge is 0.179 e. The van der Waals surface area contributed by atoms with Gasteiger partial charge in [-0.25, -0.2) is 0 Å². The van der Waals surface area contributed by atoms with Crippen LogP contribution in [0.4, 0.5) is 0 Å². The fraction of sp³-hybridized carbons (Fsp3) is 0.500. The molecular formula is C10H13NO2. The molecular weight excluding hydrogens is 166 g/mol. The summed E-state index contributed by atoms with van der Waals surface area (Å²) in [4.78, 5) is 4.04. The van der Waals surface area contributed by atoms with Crippen molar-refractivity contribution in [3.8, 4) is 11.5 Å². The number of ether oxygens (including phenoxy) is 2. The van der Waals surface area contributed by atoms with E-state index in [2.05, 4.69) is 4.98 Å². The summed E-state index contributed by atoms with van der Waals surface area (Å²) in [5.41, 5.74) is 1.03. The first kappa shape index (κ1) is 8.35. The molecule has 70 valence electrons. The minimum Gasteiger partial charge on any atom is -0.491 e. The quantitative estimate of drug-likeness (QED) is 0.710. The topological polar surface area (TPSA) is 31.4 Å². The second kappa shape index (κ2) is 3.24. The molecule has 2 rings (SSSR count). The van der Waals surface area contributed by atoms with E-state index in [4.69, 9.17) is 9.47 Å². The van der Waals surface area contributed by atoms with Crippen molar-refractivity contribution in [2.75, 3.05) is 7.11 Å². The third kappa shape index (κ3) is 1.74. The summed E-state index contributed by atoms with van der Waals surface area (Å²) in [6, 6.07) is 0. The second-order valence-corrected chi connectivity index (χ2v) is 3.30. The minimum atomic E-state index is 0.398. The Morgan fingerprint density at radius 1 is 1.38 bits per heavy atom. The van der Waals surface area contributed by atoms with Gasteiger partial charge in [-0.3, -0.25) is 4.98 Å². The Kier molecular flexibility index (Phi) is 2.08. The highest BCUT2D eigenvalue weighted by atomic mass is 16.5. The summed E-state index contributed by atoms with van der Waals surface area (Å²) in [6.07, 6.45) is 6.19. The molecule has 0 N–H and O–H groups in total. The van der Waals surface area contributed by atoms with Crippen LogP contribution in [-0.4, -0.2) is 18.2 Å². The Balaban J connectivity index is 2.27. The van der Waals surface area contributed by atoms with Gasteiger partial charge in [0.05, 0.1) is 19.4 Å². The lowest BCUT2D eigenvalue weighted by molar-refractivity contribution is 0.279. The fourth-order valence-electron chi connectivity index (χ4n) is 1.18. The lowest BCUT2D eigenvalue weighted by Gasteiger charge is -2.11. The fourth-order valence-corrected chi connectivity index (χ4v) is 1.18. The number of rotatable bonds is 3. The van der Waals surface area contributed by atoms with Crippen LogP contribution in [0.1, 0.15) is 18.4 Å². The summed E-state index contributed by atoms with van der Waals surface area (Å²) < 4.78 is 10.9. The SMILES string of the molecule is COc1cncc(C)c1OC1CC1. The number of aromatic nitrogens is 1. The Hall–Kier alpha value is -1.25. The first-order chi connectivity index (χ1) is 6.31. The van der Waals surface area contributed by atoms with Crippen LogP contribution in [0.2, 0.25) is 0 Å². The van der Waals surface area contributed by atoms with Gasteiger partial charge < -0.3 is 9.47 Å². The average Bonchev–Trinajstić information content (AvgIpc) is 2.92.